The predicted molar refractivity (Wildman–Crippen MR) is 90.8 cm³/mol. The molecule has 1 amide bonds. The first kappa shape index (κ1) is 18.0. The van der Waals surface area contributed by atoms with Gasteiger partial charge in [-0.3, -0.25) is 0 Å². The number of carbonyl (C=O) groups excluding carboxylic acids is 1. The van der Waals surface area contributed by atoms with Crippen molar-refractivity contribution in [2.24, 2.45) is 0 Å². The van der Waals surface area contributed by atoms with Gasteiger partial charge in [0.05, 0.1) is 0 Å². The van der Waals surface area contributed by atoms with Crippen molar-refractivity contribution < 1.29 is 22.3 Å². The van der Waals surface area contributed by atoms with E-state index in [1.807, 2.05) is 0 Å². The molecule has 0 atom stereocenters. The highest BCUT2D eigenvalue weighted by atomic mass is 32.2. The minimum atomic E-state index is -4.01. The van der Waals surface area contributed by atoms with Crippen molar-refractivity contribution in [3.8, 4) is 11.1 Å². The number of ether oxygens (including phenoxy) is 1. The first-order chi connectivity index (χ1) is 12.4. The molecule has 0 saturated heterocycles. The topological polar surface area (TPSA) is 114 Å². The fourth-order valence-electron chi connectivity index (χ4n) is 2.16. The van der Waals surface area contributed by atoms with Gasteiger partial charge in [0.1, 0.15) is 10.8 Å². The monoisotopic (exact) mass is 396 g/mol. The van der Waals surface area contributed by atoms with E-state index in [0.717, 1.165) is 11.3 Å². The van der Waals surface area contributed by atoms with Crippen molar-refractivity contribution in [1.82, 2.24) is 20.3 Å². The van der Waals surface area contributed by atoms with Gasteiger partial charge in [0.2, 0.25) is 20.9 Å². The second kappa shape index (κ2) is 7.22. The molecule has 26 heavy (non-hydrogen) atoms. The van der Waals surface area contributed by atoms with E-state index in [2.05, 4.69) is 20.3 Å². The van der Waals surface area contributed by atoms with Crippen LogP contribution in [-0.4, -0.2) is 36.5 Å². The SMILES string of the molecule is CNC(=O)OCc1cc(-c2cccnc2F)c(S(=O)(=O)c2ncc[nH]2)s1. The number of amides is 1. The third-order valence-electron chi connectivity index (χ3n) is 3.32. The van der Waals surface area contributed by atoms with Gasteiger partial charge in [0, 0.05) is 41.6 Å². The summed E-state index contributed by atoms with van der Waals surface area (Å²) >= 11 is 0.873. The molecule has 0 aliphatic heterocycles. The van der Waals surface area contributed by atoms with Crippen molar-refractivity contribution in [1.29, 1.82) is 0 Å². The quantitative estimate of drug-likeness (QED) is 0.640. The van der Waals surface area contributed by atoms with Gasteiger partial charge in [-0.25, -0.2) is 23.2 Å². The Morgan fingerprint density at radius 3 is 2.81 bits per heavy atom. The van der Waals surface area contributed by atoms with Crippen LogP contribution in [0.1, 0.15) is 4.88 Å². The number of aromatic amines is 1. The largest absolute Gasteiger partial charge is 0.444 e. The minimum absolute atomic E-state index is 0.0278. The van der Waals surface area contributed by atoms with E-state index in [4.69, 9.17) is 4.74 Å². The van der Waals surface area contributed by atoms with Crippen LogP contribution in [-0.2, 0) is 21.2 Å². The summed E-state index contributed by atoms with van der Waals surface area (Å²) in [7, 11) is -2.61. The van der Waals surface area contributed by atoms with Crippen LogP contribution in [0.3, 0.4) is 0 Å². The number of carbonyl (C=O) groups is 1. The number of rotatable bonds is 5. The highest BCUT2D eigenvalue weighted by molar-refractivity contribution is 7.93. The average molecular weight is 396 g/mol. The minimum Gasteiger partial charge on any atom is -0.444 e. The summed E-state index contributed by atoms with van der Waals surface area (Å²) < 4.78 is 44.7. The molecule has 0 spiro atoms. The smallest absolute Gasteiger partial charge is 0.407 e. The lowest BCUT2D eigenvalue weighted by Crippen LogP contribution is -2.18. The van der Waals surface area contributed by atoms with E-state index in [-0.39, 0.29) is 27.1 Å². The first-order valence-electron chi connectivity index (χ1n) is 7.26. The fourth-order valence-corrected chi connectivity index (χ4v) is 5.03. The zero-order chi connectivity index (χ0) is 18.7. The molecule has 136 valence electrons. The van der Waals surface area contributed by atoms with Crippen LogP contribution in [0.15, 0.2) is 46.2 Å². The maximum absolute atomic E-state index is 14.1. The van der Waals surface area contributed by atoms with Crippen LogP contribution < -0.4 is 5.32 Å². The number of alkyl carbamates (subject to hydrolysis) is 1. The van der Waals surface area contributed by atoms with Crippen LogP contribution in [0.4, 0.5) is 9.18 Å². The van der Waals surface area contributed by atoms with Crippen LogP contribution in [0, 0.1) is 5.95 Å². The molecule has 2 N–H and O–H groups in total. The summed E-state index contributed by atoms with van der Waals surface area (Å²) in [6.07, 6.45) is 3.28. The van der Waals surface area contributed by atoms with E-state index >= 15 is 0 Å². The Hall–Kier alpha value is -2.79. The average Bonchev–Trinajstić information content (AvgIpc) is 3.30. The van der Waals surface area contributed by atoms with Crippen molar-refractivity contribution in [3.63, 3.8) is 0 Å². The summed E-state index contributed by atoms with van der Waals surface area (Å²) in [5.41, 5.74) is 0.160. The van der Waals surface area contributed by atoms with E-state index in [1.165, 1.54) is 43.8 Å². The van der Waals surface area contributed by atoms with Gasteiger partial charge in [0.25, 0.3) is 0 Å². The molecule has 0 aliphatic carbocycles. The number of nitrogens with zero attached hydrogens (tertiary/aromatic N) is 2. The van der Waals surface area contributed by atoms with Gasteiger partial charge in [-0.1, -0.05) is 0 Å². The summed E-state index contributed by atoms with van der Waals surface area (Å²) in [4.78, 5) is 21.6. The molecule has 8 nitrogen and oxygen atoms in total. The number of aromatic nitrogens is 3. The third-order valence-corrected chi connectivity index (χ3v) is 6.57. The lowest BCUT2D eigenvalue weighted by Gasteiger charge is -2.04. The van der Waals surface area contributed by atoms with E-state index < -0.39 is 21.9 Å². The molecule has 0 unspecified atom stereocenters. The summed E-state index contributed by atoms with van der Waals surface area (Å²) in [6.45, 7) is -0.160. The second-order valence-electron chi connectivity index (χ2n) is 4.98. The zero-order valence-corrected chi connectivity index (χ0v) is 15.0. The molecular weight excluding hydrogens is 383 g/mol. The van der Waals surface area contributed by atoms with E-state index in [0.29, 0.717) is 4.88 Å². The second-order valence-corrected chi connectivity index (χ2v) is 8.18. The number of pyridine rings is 1. The number of sulfone groups is 1. The number of hydrogen-bond donors (Lipinski definition) is 2. The van der Waals surface area contributed by atoms with Gasteiger partial charge >= 0.3 is 6.09 Å². The van der Waals surface area contributed by atoms with Crippen LogP contribution in [0.2, 0.25) is 0 Å². The Bertz CT molecular complexity index is 1030. The summed E-state index contributed by atoms with van der Waals surface area (Å²) in [5.74, 6) is -0.806. The van der Waals surface area contributed by atoms with Gasteiger partial charge in [0.15, 0.2) is 0 Å². The number of thiophene rings is 1. The molecule has 3 heterocycles. The number of nitrogens with one attached hydrogen (secondary N) is 2. The van der Waals surface area contributed by atoms with Gasteiger partial charge in [-0.2, -0.15) is 4.39 Å². The molecule has 0 fully saturated rings. The van der Waals surface area contributed by atoms with Crippen molar-refractivity contribution >= 4 is 27.3 Å². The van der Waals surface area contributed by atoms with E-state index in [9.17, 15) is 17.6 Å². The molecule has 3 aromatic heterocycles. The Morgan fingerprint density at radius 1 is 1.35 bits per heavy atom. The van der Waals surface area contributed by atoms with Crippen LogP contribution in [0.5, 0.6) is 0 Å². The lowest BCUT2D eigenvalue weighted by atomic mass is 10.1. The lowest BCUT2D eigenvalue weighted by molar-refractivity contribution is 0.143. The molecule has 11 heteroatoms. The fraction of sp³-hybridized carbons (Fsp3) is 0.133. The number of halogens is 1. The molecule has 0 aromatic carbocycles. The molecule has 0 bridgehead atoms. The van der Waals surface area contributed by atoms with Crippen molar-refractivity contribution in [2.45, 2.75) is 16.0 Å². The molecular formula is C15H13FN4O4S2. The summed E-state index contributed by atoms with van der Waals surface area (Å²) in [6, 6.07) is 4.39. The maximum Gasteiger partial charge on any atom is 0.407 e. The van der Waals surface area contributed by atoms with Crippen molar-refractivity contribution in [3.05, 3.63) is 47.6 Å². The number of imidazole rings is 1. The molecule has 0 radical (unpaired) electrons. The van der Waals surface area contributed by atoms with Gasteiger partial charge < -0.3 is 15.0 Å². The zero-order valence-electron chi connectivity index (χ0n) is 13.4. The van der Waals surface area contributed by atoms with Gasteiger partial charge in [-0.05, 0) is 18.2 Å². The highest BCUT2D eigenvalue weighted by Gasteiger charge is 2.29. The molecule has 3 rings (SSSR count). The Morgan fingerprint density at radius 2 is 2.15 bits per heavy atom. The maximum atomic E-state index is 14.1. The standard InChI is InChI=1S/C15H13FN4O4S2/c1-17-15(21)24-8-9-7-11(10-3-2-4-18-12(10)16)13(25-9)26(22,23)14-19-5-6-20-14/h2-7H,8H2,1H3,(H,17,21)(H,19,20). The Balaban J connectivity index is 2.11. The normalized spacial score (nSPS) is 11.3. The number of H-pyrrole nitrogens is 1. The van der Waals surface area contributed by atoms with Crippen LogP contribution >= 0.6 is 11.3 Å². The summed E-state index contributed by atoms with van der Waals surface area (Å²) in [5, 5.41) is 2.03. The number of hydrogen-bond acceptors (Lipinski definition) is 7. The van der Waals surface area contributed by atoms with Gasteiger partial charge in [-0.15, -0.1) is 11.3 Å². The van der Waals surface area contributed by atoms with E-state index in [1.54, 1.807) is 0 Å². The molecule has 0 aliphatic rings. The van der Waals surface area contributed by atoms with Crippen molar-refractivity contribution in [2.75, 3.05) is 7.05 Å². The predicted octanol–water partition coefficient (Wildman–Crippen LogP) is 2.36. The Kier molecular flexibility index (Phi) is 5.00. The van der Waals surface area contributed by atoms with Crippen LogP contribution in [0.25, 0.3) is 11.1 Å². The molecule has 3 aromatic rings. The first-order valence-corrected chi connectivity index (χ1v) is 9.56. The highest BCUT2D eigenvalue weighted by Crippen LogP contribution is 2.38. The Labute approximate surface area is 152 Å². The third kappa shape index (κ3) is 3.44. The molecule has 0 saturated carbocycles.